The second kappa shape index (κ2) is 9.62. The summed E-state index contributed by atoms with van der Waals surface area (Å²) in [5.41, 5.74) is 8.46. The molecule has 0 fully saturated rings. The zero-order valence-corrected chi connectivity index (χ0v) is 18.2. The summed E-state index contributed by atoms with van der Waals surface area (Å²) in [4.78, 5) is 37.0. The number of rotatable bonds is 5. The predicted molar refractivity (Wildman–Crippen MR) is 114 cm³/mol. The lowest BCUT2D eigenvalue weighted by Gasteiger charge is -2.08. The average molecular weight is 472 g/mol. The number of hydrogen-bond acceptors (Lipinski definition) is 6. The van der Waals surface area contributed by atoms with Crippen molar-refractivity contribution >= 4 is 39.5 Å². The molecule has 29 heavy (non-hydrogen) atoms. The van der Waals surface area contributed by atoms with Crippen LogP contribution in [0.25, 0.3) is 0 Å². The maximum atomic E-state index is 12.2. The Bertz CT molecular complexity index is 1020. The number of amides is 2. The van der Waals surface area contributed by atoms with Crippen LogP contribution < -0.4 is 10.9 Å². The van der Waals surface area contributed by atoms with Gasteiger partial charge < -0.3 is 0 Å². The Hall–Kier alpha value is -2.78. The summed E-state index contributed by atoms with van der Waals surface area (Å²) < 4.78 is 0.677. The van der Waals surface area contributed by atoms with Gasteiger partial charge in [-0.15, -0.1) is 0 Å². The number of hydrazine groups is 1. The van der Waals surface area contributed by atoms with Crippen LogP contribution in [0, 0.1) is 13.8 Å². The van der Waals surface area contributed by atoms with E-state index < -0.39 is 11.8 Å². The lowest BCUT2D eigenvalue weighted by molar-refractivity contribution is 0.0846. The van der Waals surface area contributed by atoms with Crippen LogP contribution in [0.15, 0.2) is 58.4 Å². The van der Waals surface area contributed by atoms with Gasteiger partial charge in [-0.3, -0.25) is 25.4 Å². The van der Waals surface area contributed by atoms with Crippen LogP contribution in [-0.4, -0.2) is 26.8 Å². The Morgan fingerprint density at radius 3 is 2.17 bits per heavy atom. The van der Waals surface area contributed by atoms with Crippen LogP contribution in [0.1, 0.15) is 37.7 Å². The van der Waals surface area contributed by atoms with Crippen LogP contribution in [-0.2, 0) is 5.75 Å². The second-order valence-electron chi connectivity index (χ2n) is 6.22. The zero-order valence-electron chi connectivity index (χ0n) is 15.8. The van der Waals surface area contributed by atoms with Crippen molar-refractivity contribution < 1.29 is 9.59 Å². The first-order valence-corrected chi connectivity index (χ1v) is 10.4. The van der Waals surface area contributed by atoms with E-state index in [-0.39, 0.29) is 0 Å². The zero-order chi connectivity index (χ0) is 20.8. The number of carbonyl (C=O) groups excluding carboxylic acids is 2. The van der Waals surface area contributed by atoms with Crippen molar-refractivity contribution in [1.82, 2.24) is 25.8 Å². The van der Waals surface area contributed by atoms with Crippen molar-refractivity contribution in [2.45, 2.75) is 24.8 Å². The average Bonchev–Trinajstić information content (AvgIpc) is 2.70. The molecule has 3 aromatic rings. The standard InChI is InChI=1S/C20H18BrN5O2S/c1-12-7-13(2)24-20(23-12)29-11-14-3-5-15(6-4-14)18(27)25-26-19(28)16-8-17(21)10-22-9-16/h3-10H,11H2,1-2H3,(H,25,27)(H,26,28). The van der Waals surface area contributed by atoms with Gasteiger partial charge in [-0.2, -0.15) is 0 Å². The highest BCUT2D eigenvalue weighted by Crippen LogP contribution is 2.20. The number of pyridine rings is 1. The van der Waals surface area contributed by atoms with E-state index in [1.807, 2.05) is 32.0 Å². The van der Waals surface area contributed by atoms with Gasteiger partial charge in [-0.25, -0.2) is 9.97 Å². The number of halogens is 1. The fraction of sp³-hybridized carbons (Fsp3) is 0.150. The van der Waals surface area contributed by atoms with E-state index >= 15 is 0 Å². The maximum absolute atomic E-state index is 12.2. The predicted octanol–water partition coefficient (Wildman–Crippen LogP) is 3.62. The number of aryl methyl sites for hydroxylation is 2. The molecule has 7 nitrogen and oxygen atoms in total. The van der Waals surface area contributed by atoms with Crippen LogP contribution >= 0.6 is 27.7 Å². The van der Waals surface area contributed by atoms with Gasteiger partial charge in [0, 0.05) is 39.6 Å². The summed E-state index contributed by atoms with van der Waals surface area (Å²) >= 11 is 4.79. The molecule has 0 bridgehead atoms. The highest BCUT2D eigenvalue weighted by atomic mass is 79.9. The van der Waals surface area contributed by atoms with Crippen LogP contribution in [0.2, 0.25) is 0 Å². The Labute approximate surface area is 180 Å². The van der Waals surface area contributed by atoms with Crippen LogP contribution in [0.5, 0.6) is 0 Å². The van der Waals surface area contributed by atoms with Gasteiger partial charge in [0.2, 0.25) is 0 Å². The quantitative estimate of drug-likeness (QED) is 0.335. The van der Waals surface area contributed by atoms with Crippen molar-refractivity contribution in [1.29, 1.82) is 0 Å². The molecule has 1 aromatic carbocycles. The van der Waals surface area contributed by atoms with E-state index in [0.717, 1.165) is 22.1 Å². The maximum Gasteiger partial charge on any atom is 0.271 e. The van der Waals surface area contributed by atoms with Crippen molar-refractivity contribution in [2.75, 3.05) is 0 Å². The molecule has 0 radical (unpaired) electrons. The minimum Gasteiger partial charge on any atom is -0.267 e. The Morgan fingerprint density at radius 1 is 0.931 bits per heavy atom. The highest BCUT2D eigenvalue weighted by Gasteiger charge is 2.10. The van der Waals surface area contributed by atoms with Crippen molar-refractivity contribution in [2.24, 2.45) is 0 Å². The molecule has 2 aromatic heterocycles. The molecule has 2 amide bonds. The third-order valence-corrected chi connectivity index (χ3v) is 5.15. The lowest BCUT2D eigenvalue weighted by atomic mass is 10.1. The minimum absolute atomic E-state index is 0.334. The molecule has 0 aliphatic carbocycles. The van der Waals surface area contributed by atoms with E-state index in [4.69, 9.17) is 0 Å². The Morgan fingerprint density at radius 2 is 1.55 bits per heavy atom. The minimum atomic E-state index is -0.450. The van der Waals surface area contributed by atoms with Gasteiger partial charge in [-0.05, 0) is 59.6 Å². The molecule has 0 spiro atoms. The third kappa shape index (κ3) is 6.10. The van der Waals surface area contributed by atoms with Gasteiger partial charge in [0.15, 0.2) is 5.16 Å². The molecule has 0 saturated carbocycles. The number of hydrogen-bond donors (Lipinski definition) is 2. The van der Waals surface area contributed by atoms with Crippen molar-refractivity contribution in [3.63, 3.8) is 0 Å². The Kier molecular flexibility index (Phi) is 6.95. The van der Waals surface area contributed by atoms with Gasteiger partial charge in [0.1, 0.15) is 0 Å². The van der Waals surface area contributed by atoms with Crippen molar-refractivity contribution in [3.05, 3.63) is 81.3 Å². The number of carbonyl (C=O) groups is 2. The molecule has 2 heterocycles. The van der Waals surface area contributed by atoms with E-state index in [9.17, 15) is 9.59 Å². The van der Waals surface area contributed by atoms with Crippen LogP contribution in [0.3, 0.4) is 0 Å². The molecular weight excluding hydrogens is 454 g/mol. The van der Waals surface area contributed by atoms with E-state index in [1.54, 1.807) is 24.4 Å². The first-order valence-electron chi connectivity index (χ1n) is 8.66. The smallest absolute Gasteiger partial charge is 0.267 e. The molecule has 3 rings (SSSR count). The number of benzene rings is 1. The monoisotopic (exact) mass is 471 g/mol. The van der Waals surface area contributed by atoms with Gasteiger partial charge in [0.25, 0.3) is 11.8 Å². The lowest BCUT2D eigenvalue weighted by Crippen LogP contribution is -2.41. The van der Waals surface area contributed by atoms with E-state index in [0.29, 0.717) is 21.4 Å². The highest BCUT2D eigenvalue weighted by molar-refractivity contribution is 9.10. The van der Waals surface area contributed by atoms with Crippen molar-refractivity contribution in [3.8, 4) is 0 Å². The molecule has 0 atom stereocenters. The molecule has 0 unspecified atom stereocenters. The number of nitrogens with zero attached hydrogens (tertiary/aromatic N) is 3. The molecule has 148 valence electrons. The topological polar surface area (TPSA) is 96.9 Å². The largest absolute Gasteiger partial charge is 0.271 e. The molecule has 9 heteroatoms. The third-order valence-electron chi connectivity index (χ3n) is 3.80. The molecule has 0 aliphatic rings. The SMILES string of the molecule is Cc1cc(C)nc(SCc2ccc(C(=O)NNC(=O)c3cncc(Br)c3)cc2)n1. The summed E-state index contributed by atoms with van der Waals surface area (Å²) in [5.74, 6) is -0.163. The molecule has 0 aliphatic heterocycles. The normalized spacial score (nSPS) is 10.4. The summed E-state index contributed by atoms with van der Waals surface area (Å²) in [6.07, 6.45) is 2.99. The van der Waals surface area contributed by atoms with E-state index in [2.05, 4.69) is 41.7 Å². The summed E-state index contributed by atoms with van der Waals surface area (Å²) in [6, 6.07) is 10.7. The Balaban J connectivity index is 1.53. The van der Waals surface area contributed by atoms with E-state index in [1.165, 1.54) is 18.0 Å². The second-order valence-corrected chi connectivity index (χ2v) is 8.08. The molecular formula is C20H18BrN5O2S. The van der Waals surface area contributed by atoms with Crippen LogP contribution in [0.4, 0.5) is 0 Å². The molecule has 2 N–H and O–H groups in total. The number of thioether (sulfide) groups is 1. The summed E-state index contributed by atoms with van der Waals surface area (Å²) in [6.45, 7) is 3.89. The fourth-order valence-corrected chi connectivity index (χ4v) is 3.72. The van der Waals surface area contributed by atoms with Gasteiger partial charge >= 0.3 is 0 Å². The first kappa shape index (κ1) is 20.9. The number of nitrogens with one attached hydrogen (secondary N) is 2. The fourth-order valence-electron chi connectivity index (χ4n) is 2.45. The first-order chi connectivity index (χ1) is 13.9. The van der Waals surface area contributed by atoms with Gasteiger partial charge in [-0.1, -0.05) is 23.9 Å². The summed E-state index contributed by atoms with van der Waals surface area (Å²) in [7, 11) is 0. The molecule has 0 saturated heterocycles. The van der Waals surface area contributed by atoms with Gasteiger partial charge in [0.05, 0.1) is 5.56 Å². The summed E-state index contributed by atoms with van der Waals surface area (Å²) in [5, 5.41) is 0.731. The number of aromatic nitrogens is 3.